The van der Waals surface area contributed by atoms with Gasteiger partial charge in [0.25, 0.3) is 5.91 Å². The van der Waals surface area contributed by atoms with Crippen LogP contribution in [0.5, 0.6) is 0 Å². The van der Waals surface area contributed by atoms with Gasteiger partial charge in [0.1, 0.15) is 5.60 Å². The number of carbonyl (C=O) groups is 1. The summed E-state index contributed by atoms with van der Waals surface area (Å²) in [7, 11) is 0. The van der Waals surface area contributed by atoms with Gasteiger partial charge >= 0.3 is 0 Å². The van der Waals surface area contributed by atoms with Gasteiger partial charge in [0.15, 0.2) is 0 Å². The Balaban J connectivity index is 1.49. The number of aliphatic hydroxyl groups is 1. The molecule has 1 fully saturated rings. The number of hydrogen-bond acceptors (Lipinski definition) is 3. The molecule has 2 N–H and O–H groups in total. The predicted octanol–water partition coefficient (Wildman–Crippen LogP) is 3.65. The average molecular weight is 325 g/mol. The van der Waals surface area contributed by atoms with E-state index < -0.39 is 5.60 Å². The largest absolute Gasteiger partial charge is 0.380 e. The molecule has 4 nitrogen and oxygen atoms in total. The molecule has 24 heavy (non-hydrogen) atoms. The van der Waals surface area contributed by atoms with Crippen LogP contribution in [0.1, 0.15) is 36.8 Å². The van der Waals surface area contributed by atoms with Gasteiger partial charge in [0.05, 0.1) is 13.2 Å². The lowest BCUT2D eigenvalue weighted by molar-refractivity contribution is -0.133. The minimum Gasteiger partial charge on any atom is -0.380 e. The third-order valence-corrected chi connectivity index (χ3v) is 4.45. The normalized spacial score (nSPS) is 16.0. The number of amides is 1. The number of rotatable bonds is 6. The molecule has 1 aliphatic carbocycles. The monoisotopic (exact) mass is 325 g/mol. The molecule has 0 atom stereocenters. The first kappa shape index (κ1) is 16.7. The number of anilines is 1. The van der Waals surface area contributed by atoms with Crippen molar-refractivity contribution in [2.24, 2.45) is 0 Å². The zero-order valence-corrected chi connectivity index (χ0v) is 13.7. The lowest BCUT2D eigenvalue weighted by atomic mass is 10.0. The Morgan fingerprint density at radius 2 is 1.54 bits per heavy atom. The molecule has 0 spiro atoms. The fourth-order valence-corrected chi connectivity index (χ4v) is 2.98. The van der Waals surface area contributed by atoms with Gasteiger partial charge in [-0.2, -0.15) is 0 Å². The second-order valence-corrected chi connectivity index (χ2v) is 6.37. The van der Waals surface area contributed by atoms with E-state index in [4.69, 9.17) is 4.74 Å². The van der Waals surface area contributed by atoms with Crippen molar-refractivity contribution in [3.8, 4) is 0 Å². The third-order valence-electron chi connectivity index (χ3n) is 4.45. The number of carbonyl (C=O) groups excluding carboxylic acids is 1. The van der Waals surface area contributed by atoms with E-state index in [-0.39, 0.29) is 5.91 Å². The second kappa shape index (κ2) is 7.60. The minimum absolute atomic E-state index is 0.298. The van der Waals surface area contributed by atoms with Crippen LogP contribution in [0.2, 0.25) is 0 Å². The second-order valence-electron chi connectivity index (χ2n) is 6.37. The molecule has 0 aliphatic heterocycles. The Hall–Kier alpha value is -2.17. The fraction of sp³-hybridized carbons (Fsp3) is 0.350. The molecule has 1 aliphatic rings. The minimum atomic E-state index is -1.20. The van der Waals surface area contributed by atoms with Crippen LogP contribution in [0.3, 0.4) is 0 Å². The molecule has 4 heteroatoms. The maximum absolute atomic E-state index is 12.2. The Kier molecular flexibility index (Phi) is 5.28. The molecule has 2 aromatic rings. The van der Waals surface area contributed by atoms with Crippen LogP contribution < -0.4 is 5.32 Å². The maximum Gasteiger partial charge on any atom is 0.256 e. The summed E-state index contributed by atoms with van der Waals surface area (Å²) in [4.78, 5) is 12.2. The van der Waals surface area contributed by atoms with Gasteiger partial charge in [-0.25, -0.2) is 0 Å². The first-order chi connectivity index (χ1) is 11.7. The molecule has 0 saturated heterocycles. The van der Waals surface area contributed by atoms with Crippen LogP contribution >= 0.6 is 0 Å². The summed E-state index contributed by atoms with van der Waals surface area (Å²) >= 11 is 0. The van der Waals surface area contributed by atoms with E-state index in [0.29, 0.717) is 31.7 Å². The lowest BCUT2D eigenvalue weighted by Crippen LogP contribution is -2.40. The molecule has 1 amide bonds. The molecular weight excluding hydrogens is 302 g/mol. The Bertz CT molecular complexity index is 661. The van der Waals surface area contributed by atoms with Gasteiger partial charge in [0.2, 0.25) is 0 Å². The molecule has 126 valence electrons. The molecule has 3 rings (SSSR count). The van der Waals surface area contributed by atoms with Gasteiger partial charge in [-0.15, -0.1) is 0 Å². The van der Waals surface area contributed by atoms with E-state index in [2.05, 4.69) is 5.32 Å². The lowest BCUT2D eigenvalue weighted by Gasteiger charge is -2.21. The standard InChI is InChI=1S/C20H23NO3/c22-19(20(23)12-4-5-13-20)21-18-10-8-17(9-11-18)15-24-14-16-6-2-1-3-7-16/h1-3,6-11,23H,4-5,12-15H2,(H,21,22). The van der Waals surface area contributed by atoms with E-state index >= 15 is 0 Å². The van der Waals surface area contributed by atoms with Crippen molar-refractivity contribution >= 4 is 11.6 Å². The van der Waals surface area contributed by atoms with Crippen molar-refractivity contribution in [3.05, 3.63) is 65.7 Å². The van der Waals surface area contributed by atoms with Crippen LogP contribution in [0.15, 0.2) is 54.6 Å². The fourth-order valence-electron chi connectivity index (χ4n) is 2.98. The summed E-state index contributed by atoms with van der Waals surface area (Å²) in [5.74, 6) is -0.298. The Morgan fingerprint density at radius 1 is 0.958 bits per heavy atom. The van der Waals surface area contributed by atoms with Crippen molar-refractivity contribution in [2.75, 3.05) is 5.32 Å². The first-order valence-corrected chi connectivity index (χ1v) is 8.40. The van der Waals surface area contributed by atoms with Crippen LogP contribution in [-0.4, -0.2) is 16.6 Å². The highest BCUT2D eigenvalue weighted by molar-refractivity contribution is 5.97. The zero-order chi connectivity index (χ0) is 16.8. The average Bonchev–Trinajstić information content (AvgIpc) is 3.05. The van der Waals surface area contributed by atoms with Gasteiger partial charge in [-0.05, 0) is 48.9 Å². The molecule has 0 radical (unpaired) electrons. The molecule has 0 aromatic heterocycles. The van der Waals surface area contributed by atoms with Crippen LogP contribution in [-0.2, 0) is 22.7 Å². The van der Waals surface area contributed by atoms with Crippen molar-refractivity contribution < 1.29 is 14.6 Å². The summed E-state index contributed by atoms with van der Waals surface area (Å²) in [6.07, 6.45) is 2.90. The Morgan fingerprint density at radius 3 is 2.17 bits per heavy atom. The van der Waals surface area contributed by atoms with Gasteiger partial charge in [-0.3, -0.25) is 4.79 Å². The van der Waals surface area contributed by atoms with Crippen molar-refractivity contribution in [1.29, 1.82) is 0 Å². The number of hydrogen-bond donors (Lipinski definition) is 2. The van der Waals surface area contributed by atoms with Crippen LogP contribution in [0, 0.1) is 0 Å². The summed E-state index contributed by atoms with van der Waals surface area (Å²) < 4.78 is 5.70. The van der Waals surface area contributed by atoms with Gasteiger partial charge in [-0.1, -0.05) is 42.5 Å². The van der Waals surface area contributed by atoms with Gasteiger partial charge in [0, 0.05) is 5.69 Å². The quantitative estimate of drug-likeness (QED) is 0.852. The molecule has 0 bridgehead atoms. The highest BCUT2D eigenvalue weighted by Gasteiger charge is 2.38. The Labute approximate surface area is 142 Å². The van der Waals surface area contributed by atoms with E-state index in [1.54, 1.807) is 0 Å². The maximum atomic E-state index is 12.2. The van der Waals surface area contributed by atoms with E-state index in [0.717, 1.165) is 24.0 Å². The summed E-state index contributed by atoms with van der Waals surface area (Å²) in [5, 5.41) is 13.1. The van der Waals surface area contributed by atoms with Gasteiger partial charge < -0.3 is 15.2 Å². The summed E-state index contributed by atoms with van der Waals surface area (Å²) in [6, 6.07) is 17.6. The number of ether oxygens (including phenoxy) is 1. The smallest absolute Gasteiger partial charge is 0.256 e. The van der Waals surface area contributed by atoms with Crippen molar-refractivity contribution in [3.63, 3.8) is 0 Å². The van der Waals surface area contributed by atoms with E-state index in [9.17, 15) is 9.90 Å². The molecule has 1 saturated carbocycles. The van der Waals surface area contributed by atoms with Crippen LogP contribution in [0.25, 0.3) is 0 Å². The van der Waals surface area contributed by atoms with E-state index in [1.165, 1.54) is 0 Å². The molecule has 2 aromatic carbocycles. The molecule has 0 unspecified atom stereocenters. The van der Waals surface area contributed by atoms with Crippen molar-refractivity contribution in [2.45, 2.75) is 44.5 Å². The molecular formula is C20H23NO3. The predicted molar refractivity (Wildman–Crippen MR) is 93.4 cm³/mol. The van der Waals surface area contributed by atoms with Crippen molar-refractivity contribution in [1.82, 2.24) is 0 Å². The van der Waals surface area contributed by atoms with E-state index in [1.807, 2.05) is 54.6 Å². The number of benzene rings is 2. The first-order valence-electron chi connectivity index (χ1n) is 8.40. The summed E-state index contributed by atoms with van der Waals surface area (Å²) in [5.41, 5.74) is 1.69. The highest BCUT2D eigenvalue weighted by Crippen LogP contribution is 2.30. The highest BCUT2D eigenvalue weighted by atomic mass is 16.5. The topological polar surface area (TPSA) is 58.6 Å². The zero-order valence-electron chi connectivity index (χ0n) is 13.7. The third kappa shape index (κ3) is 4.22. The summed E-state index contributed by atoms with van der Waals surface area (Å²) in [6.45, 7) is 1.10. The SMILES string of the molecule is O=C(Nc1ccc(COCc2ccccc2)cc1)C1(O)CCCC1. The van der Waals surface area contributed by atoms with Crippen LogP contribution in [0.4, 0.5) is 5.69 Å². The number of nitrogens with one attached hydrogen (secondary N) is 1. The molecule has 0 heterocycles.